The Morgan fingerprint density at radius 2 is 1.77 bits per heavy atom. The van der Waals surface area contributed by atoms with Gasteiger partial charge in [-0.15, -0.1) is 10.2 Å². The van der Waals surface area contributed by atoms with Gasteiger partial charge in [0.25, 0.3) is 5.91 Å². The summed E-state index contributed by atoms with van der Waals surface area (Å²) in [7, 11) is 0. The van der Waals surface area contributed by atoms with Gasteiger partial charge in [-0.1, -0.05) is 49.2 Å². The van der Waals surface area contributed by atoms with Crippen LogP contribution in [0.3, 0.4) is 0 Å². The summed E-state index contributed by atoms with van der Waals surface area (Å²) in [4.78, 5) is 12.5. The lowest BCUT2D eigenvalue weighted by Crippen LogP contribution is -2.12. The van der Waals surface area contributed by atoms with E-state index in [2.05, 4.69) is 34.1 Å². The quantitative estimate of drug-likeness (QED) is 0.770. The predicted molar refractivity (Wildman–Crippen MR) is 105 cm³/mol. The number of carbonyl (C=O) groups is 1. The van der Waals surface area contributed by atoms with E-state index in [0.717, 1.165) is 17.3 Å². The normalized spacial score (nSPS) is 18.9. The number of anilines is 1. The summed E-state index contributed by atoms with van der Waals surface area (Å²) in [6.07, 6.45) is 13.5. The van der Waals surface area contributed by atoms with E-state index in [1.165, 1.54) is 68.3 Å². The first kappa shape index (κ1) is 17.7. The molecular formula is C21H26N3OS. The third-order valence-corrected chi connectivity index (χ3v) is 6.57. The zero-order chi connectivity index (χ0) is 17.8. The smallest absolute Gasteiger partial charge is 0.257 e. The lowest BCUT2D eigenvalue weighted by Gasteiger charge is -2.21. The number of hydrogen-bond donors (Lipinski definition) is 1. The maximum absolute atomic E-state index is 12.5. The lowest BCUT2D eigenvalue weighted by molar-refractivity contribution is 0.102. The predicted octanol–water partition coefficient (Wildman–Crippen LogP) is 5.38. The van der Waals surface area contributed by atoms with Crippen molar-refractivity contribution < 1.29 is 4.79 Å². The van der Waals surface area contributed by atoms with Gasteiger partial charge in [0.2, 0.25) is 5.13 Å². The van der Waals surface area contributed by atoms with Crippen LogP contribution in [0.2, 0.25) is 0 Å². The molecule has 2 fully saturated rings. The highest BCUT2D eigenvalue weighted by atomic mass is 32.1. The largest absolute Gasteiger partial charge is 0.296 e. The van der Waals surface area contributed by atoms with Crippen LogP contribution in [0.5, 0.6) is 0 Å². The molecule has 26 heavy (non-hydrogen) atoms. The summed E-state index contributed by atoms with van der Waals surface area (Å²) in [6, 6.07) is 8.08. The summed E-state index contributed by atoms with van der Waals surface area (Å²) in [6.45, 7) is 0. The number of carbonyl (C=O) groups excluding carboxylic acids is 1. The molecule has 0 aliphatic heterocycles. The van der Waals surface area contributed by atoms with Crippen molar-refractivity contribution in [2.75, 3.05) is 5.32 Å². The molecule has 1 radical (unpaired) electrons. The summed E-state index contributed by atoms with van der Waals surface area (Å²) >= 11 is 1.51. The molecule has 1 aromatic heterocycles. The van der Waals surface area contributed by atoms with Crippen LogP contribution in [0, 0.1) is 12.3 Å². The third kappa shape index (κ3) is 4.32. The molecule has 0 atom stereocenters. The maximum atomic E-state index is 12.5. The average molecular weight is 369 g/mol. The molecular weight excluding hydrogens is 342 g/mol. The molecule has 5 heteroatoms. The highest BCUT2D eigenvalue weighted by molar-refractivity contribution is 7.15. The van der Waals surface area contributed by atoms with Crippen molar-refractivity contribution in [2.24, 2.45) is 5.92 Å². The molecule has 4 rings (SSSR count). The number of amides is 1. The van der Waals surface area contributed by atoms with Crippen LogP contribution in [-0.2, 0) is 6.42 Å². The van der Waals surface area contributed by atoms with Crippen molar-refractivity contribution in [3.05, 3.63) is 46.8 Å². The van der Waals surface area contributed by atoms with Crippen LogP contribution < -0.4 is 5.32 Å². The molecule has 0 bridgehead atoms. The first-order valence-corrected chi connectivity index (χ1v) is 10.6. The van der Waals surface area contributed by atoms with Crippen LogP contribution >= 0.6 is 11.3 Å². The fourth-order valence-electron chi connectivity index (χ4n) is 4.18. The Bertz CT molecular complexity index is 728. The topological polar surface area (TPSA) is 54.9 Å². The second-order valence-corrected chi connectivity index (χ2v) is 8.63. The second kappa shape index (κ2) is 8.30. The van der Waals surface area contributed by atoms with E-state index >= 15 is 0 Å². The molecule has 1 aromatic carbocycles. The van der Waals surface area contributed by atoms with Gasteiger partial charge in [-0.25, -0.2) is 0 Å². The van der Waals surface area contributed by atoms with Crippen LogP contribution in [0.4, 0.5) is 5.13 Å². The van der Waals surface area contributed by atoms with E-state index < -0.39 is 0 Å². The Hall–Kier alpha value is -1.75. The molecule has 2 saturated carbocycles. The molecule has 1 N–H and O–H groups in total. The fraction of sp³-hybridized carbons (Fsp3) is 0.524. The van der Waals surface area contributed by atoms with Gasteiger partial charge in [0.05, 0.1) is 0 Å². The van der Waals surface area contributed by atoms with Crippen molar-refractivity contribution in [3.63, 3.8) is 0 Å². The summed E-state index contributed by atoms with van der Waals surface area (Å²) < 4.78 is 0. The third-order valence-electron chi connectivity index (χ3n) is 5.71. The lowest BCUT2D eigenvalue weighted by atomic mass is 9.84. The zero-order valence-corrected chi connectivity index (χ0v) is 15.9. The van der Waals surface area contributed by atoms with Crippen molar-refractivity contribution in [1.82, 2.24) is 10.2 Å². The monoisotopic (exact) mass is 368 g/mol. The minimum absolute atomic E-state index is 0.0999. The fourth-order valence-corrected chi connectivity index (χ4v) is 5.03. The maximum Gasteiger partial charge on any atom is 0.257 e. The van der Waals surface area contributed by atoms with Crippen molar-refractivity contribution in [3.8, 4) is 0 Å². The zero-order valence-electron chi connectivity index (χ0n) is 15.1. The Kier molecular flexibility index (Phi) is 5.63. The van der Waals surface area contributed by atoms with E-state index in [0.29, 0.717) is 16.6 Å². The number of hydrogen-bond acceptors (Lipinski definition) is 4. The number of nitrogens with one attached hydrogen (secondary N) is 1. The summed E-state index contributed by atoms with van der Waals surface area (Å²) in [5.41, 5.74) is 2.04. The van der Waals surface area contributed by atoms with E-state index in [9.17, 15) is 4.79 Å². The Morgan fingerprint density at radius 1 is 1.04 bits per heavy atom. The van der Waals surface area contributed by atoms with Crippen LogP contribution in [0.15, 0.2) is 24.3 Å². The van der Waals surface area contributed by atoms with Crippen LogP contribution in [0.25, 0.3) is 0 Å². The van der Waals surface area contributed by atoms with Gasteiger partial charge in [-0.3, -0.25) is 10.1 Å². The standard InChI is InChI=1S/C21H26N3OS/c25-20(18-12-10-17(11-13-18)16-8-2-1-3-9-16)22-21-24-23-19(26-21)14-15-6-4-5-7-15/h1,10-13,15-16H,2-9,14H2,(H,22,24,25). The first-order valence-electron chi connectivity index (χ1n) is 9.83. The highest BCUT2D eigenvalue weighted by Crippen LogP contribution is 2.32. The molecule has 0 spiro atoms. The van der Waals surface area contributed by atoms with Gasteiger partial charge in [-0.2, -0.15) is 0 Å². The van der Waals surface area contributed by atoms with Crippen molar-refractivity contribution >= 4 is 22.4 Å². The number of nitrogens with zero attached hydrogens (tertiary/aromatic N) is 2. The minimum Gasteiger partial charge on any atom is -0.296 e. The molecule has 1 amide bonds. The Balaban J connectivity index is 1.34. The van der Waals surface area contributed by atoms with E-state index in [1.54, 1.807) is 0 Å². The number of benzene rings is 1. The van der Waals surface area contributed by atoms with Gasteiger partial charge in [0, 0.05) is 12.0 Å². The number of aromatic nitrogens is 2. The molecule has 137 valence electrons. The van der Waals surface area contributed by atoms with Gasteiger partial charge < -0.3 is 0 Å². The summed E-state index contributed by atoms with van der Waals surface area (Å²) in [5, 5.41) is 12.9. The molecule has 4 nitrogen and oxygen atoms in total. The molecule has 2 aliphatic carbocycles. The molecule has 0 unspecified atom stereocenters. The highest BCUT2D eigenvalue weighted by Gasteiger charge is 2.19. The van der Waals surface area contributed by atoms with Gasteiger partial charge >= 0.3 is 0 Å². The molecule has 2 aliphatic rings. The Morgan fingerprint density at radius 3 is 2.50 bits per heavy atom. The number of rotatable bonds is 5. The first-order chi connectivity index (χ1) is 12.8. The Labute approximate surface area is 159 Å². The molecule has 2 aromatic rings. The van der Waals surface area contributed by atoms with Crippen molar-refractivity contribution in [1.29, 1.82) is 0 Å². The van der Waals surface area contributed by atoms with Gasteiger partial charge in [0.15, 0.2) is 0 Å². The summed E-state index contributed by atoms with van der Waals surface area (Å²) in [5.74, 6) is 1.28. The molecule has 0 saturated heterocycles. The van der Waals surface area contributed by atoms with Gasteiger partial charge in [0.1, 0.15) is 5.01 Å². The van der Waals surface area contributed by atoms with Gasteiger partial charge in [-0.05, 0) is 61.6 Å². The van der Waals surface area contributed by atoms with E-state index in [4.69, 9.17) is 0 Å². The van der Waals surface area contributed by atoms with E-state index in [-0.39, 0.29) is 5.91 Å². The van der Waals surface area contributed by atoms with E-state index in [1.807, 2.05) is 12.1 Å². The second-order valence-electron chi connectivity index (χ2n) is 7.57. The van der Waals surface area contributed by atoms with Crippen LogP contribution in [-0.4, -0.2) is 16.1 Å². The SMILES string of the molecule is O=C(Nc1nnc(CC2CCCC2)s1)c1ccc(C2CC[CH]CC2)cc1. The minimum atomic E-state index is -0.0999. The van der Waals surface area contributed by atoms with Crippen LogP contribution in [0.1, 0.15) is 78.2 Å². The molecule has 1 heterocycles. The average Bonchev–Trinajstić information content (AvgIpc) is 3.35. The van der Waals surface area contributed by atoms with Crippen molar-refractivity contribution in [2.45, 2.75) is 63.7 Å².